The van der Waals surface area contributed by atoms with E-state index in [0.29, 0.717) is 38.4 Å². The number of piperidine rings is 2. The fourth-order valence-corrected chi connectivity index (χ4v) is 11.6. The average molecular weight is 939 g/mol. The van der Waals surface area contributed by atoms with E-state index in [-0.39, 0.29) is 46.6 Å². The van der Waals surface area contributed by atoms with E-state index in [4.69, 9.17) is 23.7 Å². The van der Waals surface area contributed by atoms with Gasteiger partial charge in [0.2, 0.25) is 5.76 Å². The summed E-state index contributed by atoms with van der Waals surface area (Å²) < 4.78 is 29.8. The molecule has 0 bridgehead atoms. The van der Waals surface area contributed by atoms with Crippen molar-refractivity contribution in [3.05, 3.63) is 125 Å². The molecule has 0 amide bonds. The summed E-state index contributed by atoms with van der Waals surface area (Å²) in [6.07, 6.45) is 10.2. The Morgan fingerprint density at radius 1 is 0.652 bits per heavy atom. The molecule has 0 radical (unpaired) electrons. The Bertz CT molecular complexity index is 2390. The number of nitrogens with zero attached hydrogens (tertiary/aromatic N) is 4. The van der Waals surface area contributed by atoms with E-state index >= 15 is 0 Å². The minimum Gasteiger partial charge on any atom is -0.491 e. The van der Waals surface area contributed by atoms with Crippen LogP contribution in [0.15, 0.2) is 96.8 Å². The molecule has 4 aliphatic rings. The number of hydrogen-bond donors (Lipinski definition) is 2. The predicted molar refractivity (Wildman–Crippen MR) is 269 cm³/mol. The highest BCUT2D eigenvalue weighted by Crippen LogP contribution is 2.52. The van der Waals surface area contributed by atoms with Crippen LogP contribution in [-0.2, 0) is 19.0 Å². The second-order valence-electron chi connectivity index (χ2n) is 21.7. The molecule has 4 aromatic carbocycles. The number of carbonyl (C=O) groups excluding carboxylic acids is 1. The van der Waals surface area contributed by atoms with Gasteiger partial charge in [0.05, 0.1) is 25.4 Å². The van der Waals surface area contributed by atoms with Crippen LogP contribution in [0.3, 0.4) is 0 Å². The number of rotatable bonds is 17. The Balaban J connectivity index is 0.979. The molecule has 366 valence electrons. The lowest BCUT2D eigenvalue weighted by atomic mass is 9.80. The van der Waals surface area contributed by atoms with Crippen LogP contribution in [0.1, 0.15) is 134 Å². The van der Waals surface area contributed by atoms with Gasteiger partial charge in [0.1, 0.15) is 30.8 Å². The molecule has 2 N–H and O–H groups in total. The first kappa shape index (κ1) is 49.9. The van der Waals surface area contributed by atoms with Gasteiger partial charge in [-0.05, 0) is 188 Å². The van der Waals surface area contributed by atoms with Gasteiger partial charge in [0.15, 0.2) is 0 Å². The molecule has 2 saturated heterocycles. The van der Waals surface area contributed by atoms with Crippen molar-refractivity contribution < 1.29 is 38.9 Å². The minimum absolute atomic E-state index is 0.0312. The first-order valence-corrected chi connectivity index (χ1v) is 24.5. The largest absolute Gasteiger partial charge is 0.491 e. The molecule has 3 aliphatic heterocycles. The Labute approximate surface area is 408 Å². The van der Waals surface area contributed by atoms with Crippen LogP contribution >= 0.6 is 0 Å². The number of carbonyl (C=O) groups is 1. The third kappa shape index (κ3) is 11.3. The lowest BCUT2D eigenvalue weighted by Crippen LogP contribution is -2.60. The smallest absolute Gasteiger partial charge is 0.299 e. The average Bonchev–Trinajstić information content (AvgIpc) is 3.91. The molecule has 4 aromatic rings. The molecular formula is C57H70N4O8. The molecule has 12 nitrogen and oxygen atoms in total. The zero-order chi connectivity index (χ0) is 49.1. The van der Waals surface area contributed by atoms with Crippen molar-refractivity contribution in [3.8, 4) is 17.6 Å². The number of ether oxygens (including phenoxy) is 5. The maximum atomic E-state index is 10.9. The number of nitriles is 1. The highest BCUT2D eigenvalue weighted by molar-refractivity contribution is 5.92. The minimum atomic E-state index is -0.377. The van der Waals surface area contributed by atoms with Gasteiger partial charge in [-0.2, -0.15) is 15.4 Å². The molecule has 3 heterocycles. The number of hydroxylamine groups is 4. The number of benzene rings is 4. The zero-order valence-electron chi connectivity index (χ0n) is 41.6. The van der Waals surface area contributed by atoms with E-state index in [1.165, 1.54) is 21.4 Å². The van der Waals surface area contributed by atoms with Gasteiger partial charge in [-0.25, -0.2) is 0 Å². The molecule has 0 spiro atoms. The summed E-state index contributed by atoms with van der Waals surface area (Å²) in [5.41, 5.74) is 7.06. The molecule has 8 rings (SSSR count). The van der Waals surface area contributed by atoms with Crippen molar-refractivity contribution >= 4 is 35.6 Å². The van der Waals surface area contributed by atoms with Gasteiger partial charge in [0, 0.05) is 45.5 Å². The van der Waals surface area contributed by atoms with E-state index < -0.39 is 0 Å². The molecule has 12 heteroatoms. The molecule has 2 atom stereocenters. The number of allylic oxidation sites excluding steroid dienone is 1. The van der Waals surface area contributed by atoms with Crippen molar-refractivity contribution in [2.45, 2.75) is 147 Å². The zero-order valence-corrected chi connectivity index (χ0v) is 41.6. The summed E-state index contributed by atoms with van der Waals surface area (Å²) in [5, 5.41) is 33.8. The van der Waals surface area contributed by atoms with Gasteiger partial charge >= 0.3 is 0 Å². The summed E-state index contributed by atoms with van der Waals surface area (Å²) in [4.78, 5) is 13.4. The van der Waals surface area contributed by atoms with Crippen LogP contribution in [0, 0.1) is 11.3 Å². The summed E-state index contributed by atoms with van der Waals surface area (Å²) in [5.74, 6) is 1.87. The van der Waals surface area contributed by atoms with Crippen LogP contribution in [0.2, 0.25) is 0 Å². The Morgan fingerprint density at radius 2 is 1.14 bits per heavy atom. The molecule has 1 saturated carbocycles. The predicted octanol–water partition coefficient (Wildman–Crippen LogP) is 11.7. The van der Waals surface area contributed by atoms with Gasteiger partial charge in [-0.3, -0.25) is 4.79 Å². The number of fused-ring (bicyclic) bond motifs is 3. The summed E-state index contributed by atoms with van der Waals surface area (Å²) in [6, 6.07) is 33.7. The SMILES string of the molecule is CC1(C)CC(OCCOc2ccc(C(=Cc3ccc(N4c5ccc(/C=C(/C#N)OC=O)cc5C5CCCC54)cc3)c3ccc(OCCOC4CC(C)(C)N(O)C(C)(C)C4)cc3)cc2)CC(C)(C)N1O. The third-order valence-corrected chi connectivity index (χ3v) is 14.5. The Morgan fingerprint density at radius 3 is 1.62 bits per heavy atom. The first-order valence-electron chi connectivity index (χ1n) is 24.5. The van der Waals surface area contributed by atoms with Crippen LogP contribution in [0.5, 0.6) is 11.5 Å². The fraction of sp³-hybridized carbons (Fsp3) is 0.474. The van der Waals surface area contributed by atoms with Gasteiger partial charge in [0.25, 0.3) is 6.47 Å². The molecule has 3 fully saturated rings. The molecule has 1 aliphatic carbocycles. The van der Waals surface area contributed by atoms with Crippen molar-refractivity contribution in [1.29, 1.82) is 5.26 Å². The van der Waals surface area contributed by atoms with Crippen LogP contribution in [0.4, 0.5) is 11.4 Å². The first-order chi connectivity index (χ1) is 32.9. The lowest BCUT2D eigenvalue weighted by molar-refractivity contribution is -0.261. The number of anilines is 2. The highest BCUT2D eigenvalue weighted by atomic mass is 16.5. The van der Waals surface area contributed by atoms with Crippen LogP contribution in [0.25, 0.3) is 17.7 Å². The fourth-order valence-electron chi connectivity index (χ4n) is 11.6. The molecule has 69 heavy (non-hydrogen) atoms. The van der Waals surface area contributed by atoms with E-state index in [9.17, 15) is 20.5 Å². The normalized spacial score (nSPS) is 22.0. The topological polar surface area (TPSA) is 137 Å². The van der Waals surface area contributed by atoms with E-state index in [0.717, 1.165) is 90.0 Å². The standard InChI is InChI=1S/C57H70N4O8/c1-54(2)33-47(34-55(3,4)60(54)63)67-28-26-65-44-21-15-41(16-22-44)50(42-17-23-45(24-18-42)66-27-29-68-48-35-56(5,6)61(64)57(7,8)36-48)31-39-12-19-43(20-13-39)59-52-11-9-10-49(52)51-32-40(14-25-53(51)59)30-46(37-58)69-38-62/h12-25,30-32,38,47-49,52,63-64H,9-11,26-29,33-36H2,1-8H3/b46-30-. The van der Waals surface area contributed by atoms with E-state index in [1.54, 1.807) is 6.08 Å². The van der Waals surface area contributed by atoms with Crippen molar-refractivity contribution in [2.24, 2.45) is 0 Å². The van der Waals surface area contributed by atoms with Crippen molar-refractivity contribution in [3.63, 3.8) is 0 Å². The second-order valence-corrected chi connectivity index (χ2v) is 21.7. The van der Waals surface area contributed by atoms with E-state index in [2.05, 4.69) is 71.6 Å². The Kier molecular flexibility index (Phi) is 14.8. The Hall–Kier alpha value is -5.52. The lowest BCUT2D eigenvalue weighted by Gasteiger charge is -2.51. The third-order valence-electron chi connectivity index (χ3n) is 14.5. The summed E-state index contributed by atoms with van der Waals surface area (Å²) >= 11 is 0. The molecular weight excluding hydrogens is 869 g/mol. The molecule has 0 aromatic heterocycles. The van der Waals surface area contributed by atoms with E-state index in [1.807, 2.05) is 91.8 Å². The highest BCUT2D eigenvalue weighted by Gasteiger charge is 2.47. The van der Waals surface area contributed by atoms with Crippen LogP contribution < -0.4 is 14.4 Å². The van der Waals surface area contributed by atoms with Crippen molar-refractivity contribution in [2.75, 3.05) is 31.3 Å². The van der Waals surface area contributed by atoms with Gasteiger partial charge in [-0.15, -0.1) is 0 Å². The van der Waals surface area contributed by atoms with Gasteiger partial charge in [-0.1, -0.05) is 48.9 Å². The quantitative estimate of drug-likeness (QED) is 0.0343. The maximum absolute atomic E-state index is 10.9. The van der Waals surface area contributed by atoms with Crippen molar-refractivity contribution in [1.82, 2.24) is 10.1 Å². The maximum Gasteiger partial charge on any atom is 0.299 e. The monoisotopic (exact) mass is 939 g/mol. The van der Waals surface area contributed by atoms with Crippen LogP contribution in [-0.4, -0.2) is 93.8 Å². The summed E-state index contributed by atoms with van der Waals surface area (Å²) in [7, 11) is 0. The number of hydrogen-bond acceptors (Lipinski definition) is 12. The summed E-state index contributed by atoms with van der Waals surface area (Å²) in [6.45, 7) is 18.4. The van der Waals surface area contributed by atoms with Gasteiger partial charge < -0.3 is 39.0 Å². The molecule has 2 unspecified atom stereocenters. The second kappa shape index (κ2) is 20.4.